The highest BCUT2D eigenvalue weighted by atomic mass is 16.3. The SMILES string of the molecule is O=c1ccc2c(n1CC1CC1)CC[C@@H](NCc1ccco1)C2. The number of pyridine rings is 1. The summed E-state index contributed by atoms with van der Waals surface area (Å²) in [6.07, 6.45) is 7.35. The lowest BCUT2D eigenvalue weighted by Crippen LogP contribution is -2.37. The lowest BCUT2D eigenvalue weighted by Gasteiger charge is -2.27. The van der Waals surface area contributed by atoms with E-state index in [4.69, 9.17) is 4.42 Å². The van der Waals surface area contributed by atoms with Crippen LogP contribution in [0.25, 0.3) is 0 Å². The lowest BCUT2D eigenvalue weighted by molar-refractivity contribution is 0.405. The summed E-state index contributed by atoms with van der Waals surface area (Å²) in [4.78, 5) is 12.2. The Labute approximate surface area is 130 Å². The van der Waals surface area contributed by atoms with Crippen LogP contribution in [0.1, 0.15) is 36.3 Å². The van der Waals surface area contributed by atoms with E-state index in [0.717, 1.165) is 44.0 Å². The van der Waals surface area contributed by atoms with Gasteiger partial charge in [0.25, 0.3) is 5.56 Å². The van der Waals surface area contributed by atoms with E-state index in [0.29, 0.717) is 6.04 Å². The zero-order valence-corrected chi connectivity index (χ0v) is 12.8. The van der Waals surface area contributed by atoms with Crippen LogP contribution in [-0.2, 0) is 25.9 Å². The van der Waals surface area contributed by atoms with E-state index in [9.17, 15) is 4.79 Å². The standard InChI is InChI=1S/C18H22N2O2/c21-18-8-5-14-10-15(19-11-16-2-1-9-22-16)6-7-17(14)20(18)12-13-3-4-13/h1-2,5,8-9,13,15,19H,3-4,6-7,10-12H2/t15-/m1/s1. The zero-order valence-electron chi connectivity index (χ0n) is 12.8. The molecule has 0 aromatic carbocycles. The molecule has 0 bridgehead atoms. The first-order valence-corrected chi connectivity index (χ1v) is 8.27. The highest BCUT2D eigenvalue weighted by Crippen LogP contribution is 2.31. The molecule has 0 saturated heterocycles. The summed E-state index contributed by atoms with van der Waals surface area (Å²) in [6, 6.07) is 8.16. The van der Waals surface area contributed by atoms with Crippen LogP contribution < -0.4 is 10.9 Å². The number of nitrogens with zero attached hydrogens (tertiary/aromatic N) is 1. The Morgan fingerprint density at radius 2 is 2.14 bits per heavy atom. The van der Waals surface area contributed by atoms with Crippen LogP contribution in [0.5, 0.6) is 0 Å². The summed E-state index contributed by atoms with van der Waals surface area (Å²) in [5, 5.41) is 3.57. The molecule has 2 heterocycles. The van der Waals surface area contributed by atoms with Crippen LogP contribution in [0, 0.1) is 5.92 Å². The van der Waals surface area contributed by atoms with Crippen LogP contribution in [0.2, 0.25) is 0 Å². The van der Waals surface area contributed by atoms with Gasteiger partial charge in [-0.15, -0.1) is 0 Å². The first-order valence-electron chi connectivity index (χ1n) is 8.27. The minimum atomic E-state index is 0.174. The number of furan rings is 1. The van der Waals surface area contributed by atoms with Crippen molar-refractivity contribution in [1.29, 1.82) is 0 Å². The second-order valence-corrected chi connectivity index (χ2v) is 6.60. The van der Waals surface area contributed by atoms with Crippen LogP contribution in [-0.4, -0.2) is 10.6 Å². The van der Waals surface area contributed by atoms with Crippen molar-refractivity contribution in [3.8, 4) is 0 Å². The molecule has 0 unspecified atom stereocenters. The molecule has 2 aromatic rings. The average molecular weight is 298 g/mol. The molecule has 2 aliphatic carbocycles. The summed E-state index contributed by atoms with van der Waals surface area (Å²) in [5.41, 5.74) is 2.78. The average Bonchev–Trinajstić information content (AvgIpc) is 3.20. The molecule has 1 fully saturated rings. The van der Waals surface area contributed by atoms with Gasteiger partial charge >= 0.3 is 0 Å². The minimum absolute atomic E-state index is 0.174. The molecule has 4 heteroatoms. The molecule has 1 saturated carbocycles. The van der Waals surface area contributed by atoms with E-state index in [-0.39, 0.29) is 5.56 Å². The maximum absolute atomic E-state index is 12.2. The van der Waals surface area contributed by atoms with E-state index < -0.39 is 0 Å². The Balaban J connectivity index is 1.47. The second-order valence-electron chi connectivity index (χ2n) is 6.60. The fourth-order valence-corrected chi connectivity index (χ4v) is 3.42. The van der Waals surface area contributed by atoms with E-state index in [2.05, 4.69) is 5.32 Å². The Bertz CT molecular complexity index is 698. The van der Waals surface area contributed by atoms with Crippen molar-refractivity contribution in [1.82, 2.24) is 9.88 Å². The third kappa shape index (κ3) is 2.88. The summed E-state index contributed by atoms with van der Waals surface area (Å²) in [6.45, 7) is 1.70. The van der Waals surface area contributed by atoms with E-state index in [1.807, 2.05) is 22.8 Å². The molecule has 4 nitrogen and oxygen atoms in total. The van der Waals surface area contributed by atoms with Gasteiger partial charge < -0.3 is 14.3 Å². The van der Waals surface area contributed by atoms with Crippen LogP contribution >= 0.6 is 0 Å². The Morgan fingerprint density at radius 1 is 1.23 bits per heavy atom. The zero-order chi connectivity index (χ0) is 14.9. The van der Waals surface area contributed by atoms with Gasteiger partial charge in [-0.2, -0.15) is 0 Å². The summed E-state index contributed by atoms with van der Waals surface area (Å²) in [7, 11) is 0. The molecule has 22 heavy (non-hydrogen) atoms. The van der Waals surface area contributed by atoms with Crippen molar-refractivity contribution in [2.45, 2.75) is 51.2 Å². The molecule has 2 aromatic heterocycles. The van der Waals surface area contributed by atoms with Gasteiger partial charge in [0.05, 0.1) is 12.8 Å². The van der Waals surface area contributed by atoms with Crippen LogP contribution in [0.4, 0.5) is 0 Å². The quantitative estimate of drug-likeness (QED) is 0.922. The molecule has 2 aliphatic rings. The molecule has 0 radical (unpaired) electrons. The summed E-state index contributed by atoms with van der Waals surface area (Å²) >= 11 is 0. The van der Waals surface area contributed by atoms with Gasteiger partial charge in [0.15, 0.2) is 0 Å². The molecule has 1 N–H and O–H groups in total. The highest BCUT2D eigenvalue weighted by molar-refractivity contribution is 5.26. The minimum Gasteiger partial charge on any atom is -0.468 e. The van der Waals surface area contributed by atoms with Gasteiger partial charge in [0.2, 0.25) is 0 Å². The van der Waals surface area contributed by atoms with Gasteiger partial charge in [-0.05, 0) is 55.7 Å². The maximum atomic E-state index is 12.2. The van der Waals surface area contributed by atoms with Gasteiger partial charge in [-0.25, -0.2) is 0 Å². The van der Waals surface area contributed by atoms with Crippen molar-refractivity contribution < 1.29 is 4.42 Å². The molecule has 0 spiro atoms. The Kier molecular flexibility index (Phi) is 3.62. The Morgan fingerprint density at radius 3 is 2.91 bits per heavy atom. The third-order valence-electron chi connectivity index (χ3n) is 4.87. The van der Waals surface area contributed by atoms with Crippen molar-refractivity contribution in [3.05, 3.63) is 57.9 Å². The maximum Gasteiger partial charge on any atom is 0.250 e. The summed E-state index contributed by atoms with van der Waals surface area (Å²) < 4.78 is 7.41. The fraction of sp³-hybridized carbons (Fsp3) is 0.500. The highest BCUT2D eigenvalue weighted by Gasteiger charge is 2.26. The van der Waals surface area contributed by atoms with E-state index in [1.165, 1.54) is 24.1 Å². The van der Waals surface area contributed by atoms with Crippen molar-refractivity contribution in [2.24, 2.45) is 5.92 Å². The van der Waals surface area contributed by atoms with Gasteiger partial charge in [0.1, 0.15) is 5.76 Å². The molecule has 4 rings (SSSR count). The van der Waals surface area contributed by atoms with Crippen molar-refractivity contribution >= 4 is 0 Å². The molecular formula is C18H22N2O2. The molecule has 0 amide bonds. The number of nitrogens with one attached hydrogen (secondary N) is 1. The smallest absolute Gasteiger partial charge is 0.250 e. The third-order valence-corrected chi connectivity index (χ3v) is 4.87. The van der Waals surface area contributed by atoms with E-state index in [1.54, 1.807) is 12.3 Å². The number of aromatic nitrogens is 1. The van der Waals surface area contributed by atoms with Gasteiger partial charge in [-0.1, -0.05) is 6.07 Å². The largest absolute Gasteiger partial charge is 0.468 e. The molecule has 116 valence electrons. The predicted octanol–water partition coefficient (Wildman–Crippen LogP) is 2.50. The fourth-order valence-electron chi connectivity index (χ4n) is 3.42. The predicted molar refractivity (Wildman–Crippen MR) is 84.8 cm³/mol. The van der Waals surface area contributed by atoms with Crippen LogP contribution in [0.3, 0.4) is 0 Å². The van der Waals surface area contributed by atoms with Crippen molar-refractivity contribution in [2.75, 3.05) is 0 Å². The first kappa shape index (κ1) is 13.8. The number of fused-ring (bicyclic) bond motifs is 1. The second kappa shape index (κ2) is 5.76. The molecular weight excluding hydrogens is 276 g/mol. The van der Waals surface area contributed by atoms with Gasteiger partial charge in [-0.3, -0.25) is 4.79 Å². The number of rotatable bonds is 5. The lowest BCUT2D eigenvalue weighted by atomic mass is 9.91. The summed E-state index contributed by atoms with van der Waals surface area (Å²) in [5.74, 6) is 1.71. The van der Waals surface area contributed by atoms with E-state index >= 15 is 0 Å². The normalized spacial score (nSPS) is 20.8. The van der Waals surface area contributed by atoms with Crippen LogP contribution in [0.15, 0.2) is 39.7 Å². The first-order chi connectivity index (χ1) is 10.8. The van der Waals surface area contributed by atoms with Gasteiger partial charge in [0, 0.05) is 24.3 Å². The van der Waals surface area contributed by atoms with Crippen molar-refractivity contribution in [3.63, 3.8) is 0 Å². The Hall–Kier alpha value is -1.81. The number of hydrogen-bond donors (Lipinski definition) is 1. The molecule has 0 aliphatic heterocycles. The monoisotopic (exact) mass is 298 g/mol. The topological polar surface area (TPSA) is 47.2 Å². The molecule has 1 atom stereocenters. The number of hydrogen-bond acceptors (Lipinski definition) is 3.